The highest BCUT2D eigenvalue weighted by Crippen LogP contribution is 2.38. The van der Waals surface area contributed by atoms with Gasteiger partial charge in [0, 0.05) is 29.8 Å². The lowest BCUT2D eigenvalue weighted by Crippen LogP contribution is -2.33. The number of hydrogen-bond acceptors (Lipinski definition) is 4. The van der Waals surface area contributed by atoms with E-state index in [4.69, 9.17) is 11.6 Å². The number of pyridine rings is 1. The number of amides is 1. The minimum atomic E-state index is -0.0639. The van der Waals surface area contributed by atoms with E-state index in [1.165, 1.54) is 0 Å². The topological polar surface area (TPSA) is 63.1 Å². The Bertz CT molecular complexity index is 749. The van der Waals surface area contributed by atoms with Crippen LogP contribution >= 0.6 is 11.6 Å². The number of anilines is 1. The van der Waals surface area contributed by atoms with Crippen molar-refractivity contribution in [3.05, 3.63) is 40.8 Å². The molecule has 7 heteroatoms. The third kappa shape index (κ3) is 2.80. The smallest absolute Gasteiger partial charge is 0.226 e. The lowest BCUT2D eigenvalue weighted by molar-refractivity contribution is -0.116. The van der Waals surface area contributed by atoms with Crippen molar-refractivity contribution in [3.63, 3.8) is 0 Å². The number of rotatable bonds is 2. The number of fused-ring (bicyclic) bond motifs is 1. The first-order valence-electron chi connectivity index (χ1n) is 8.29. The van der Waals surface area contributed by atoms with Crippen molar-refractivity contribution < 1.29 is 4.79 Å². The molecule has 2 aliphatic rings. The van der Waals surface area contributed by atoms with Crippen LogP contribution < -0.4 is 5.32 Å². The van der Waals surface area contributed by atoms with Crippen LogP contribution in [0.5, 0.6) is 0 Å². The van der Waals surface area contributed by atoms with Gasteiger partial charge in [-0.3, -0.25) is 9.78 Å². The summed E-state index contributed by atoms with van der Waals surface area (Å²) in [4.78, 5) is 19.0. The van der Waals surface area contributed by atoms with Gasteiger partial charge in [0.2, 0.25) is 5.91 Å². The molecule has 126 valence electrons. The molecule has 6 nitrogen and oxygen atoms in total. The average molecular weight is 346 g/mol. The molecule has 0 aromatic carbocycles. The molecule has 2 aromatic rings. The van der Waals surface area contributed by atoms with E-state index in [1.807, 2.05) is 23.0 Å². The summed E-state index contributed by atoms with van der Waals surface area (Å²) in [6.07, 6.45) is 5.99. The number of piperidine rings is 1. The predicted octanol–water partition coefficient (Wildman–Crippen LogP) is 2.67. The number of halogens is 1. The van der Waals surface area contributed by atoms with Crippen LogP contribution in [0.1, 0.15) is 42.5 Å². The Morgan fingerprint density at radius 3 is 2.75 bits per heavy atom. The summed E-state index contributed by atoms with van der Waals surface area (Å²) < 4.78 is 2.00. The molecule has 4 heterocycles. The zero-order valence-corrected chi connectivity index (χ0v) is 14.3. The highest BCUT2D eigenvalue weighted by atomic mass is 35.5. The number of likely N-dealkylation sites (tertiary alicyclic amines) is 1. The summed E-state index contributed by atoms with van der Waals surface area (Å²) in [6.45, 7) is 2.10. The van der Waals surface area contributed by atoms with Gasteiger partial charge in [-0.15, -0.1) is 0 Å². The van der Waals surface area contributed by atoms with Gasteiger partial charge in [0.25, 0.3) is 0 Å². The second-order valence-corrected chi connectivity index (χ2v) is 7.07. The summed E-state index contributed by atoms with van der Waals surface area (Å²) in [7, 11) is 2.14. The van der Waals surface area contributed by atoms with E-state index in [9.17, 15) is 4.79 Å². The number of nitrogens with one attached hydrogen (secondary N) is 1. The molecule has 0 bridgehead atoms. The second-order valence-electron chi connectivity index (χ2n) is 6.63. The predicted molar refractivity (Wildman–Crippen MR) is 92.3 cm³/mol. The fourth-order valence-electron chi connectivity index (χ4n) is 3.61. The van der Waals surface area contributed by atoms with Crippen LogP contribution in [0.4, 0.5) is 5.82 Å². The van der Waals surface area contributed by atoms with Crippen LogP contribution in [0, 0.1) is 0 Å². The van der Waals surface area contributed by atoms with Gasteiger partial charge in [0.05, 0.1) is 17.3 Å². The SMILES string of the molecule is CN1CCC(n2ncc3c2NC(=O)CC3c2ccc(Cl)cn2)CC1. The standard InChI is InChI=1S/C17H20ClN5O/c1-22-6-4-12(5-7-22)23-17-14(10-20-23)13(8-16(24)21-17)15-3-2-11(18)9-19-15/h2-3,9-10,12-13H,4-8H2,1H3,(H,21,24). The fraction of sp³-hybridized carbons (Fsp3) is 0.471. The van der Waals surface area contributed by atoms with E-state index in [1.54, 1.807) is 6.20 Å². The molecule has 0 radical (unpaired) electrons. The van der Waals surface area contributed by atoms with Crippen molar-refractivity contribution in [3.8, 4) is 0 Å². The molecule has 1 amide bonds. The van der Waals surface area contributed by atoms with Crippen molar-refractivity contribution in [1.82, 2.24) is 19.7 Å². The van der Waals surface area contributed by atoms with Crippen LogP contribution in [0.15, 0.2) is 24.5 Å². The lowest BCUT2D eigenvalue weighted by Gasteiger charge is -2.31. The molecule has 0 spiro atoms. The minimum absolute atomic E-state index is 0.0129. The Kier molecular flexibility index (Phi) is 4.02. The van der Waals surface area contributed by atoms with Crippen molar-refractivity contribution >= 4 is 23.3 Å². The van der Waals surface area contributed by atoms with Gasteiger partial charge in [0.15, 0.2) is 0 Å². The quantitative estimate of drug-likeness (QED) is 0.909. The van der Waals surface area contributed by atoms with Gasteiger partial charge in [-0.2, -0.15) is 5.10 Å². The minimum Gasteiger partial charge on any atom is -0.311 e. The van der Waals surface area contributed by atoms with Gasteiger partial charge in [-0.25, -0.2) is 4.68 Å². The Morgan fingerprint density at radius 2 is 2.04 bits per heavy atom. The van der Waals surface area contributed by atoms with Gasteiger partial charge < -0.3 is 10.2 Å². The zero-order chi connectivity index (χ0) is 16.7. The lowest BCUT2D eigenvalue weighted by atomic mass is 9.90. The molecular formula is C17H20ClN5O. The third-order valence-corrected chi connectivity index (χ3v) is 5.21. The molecular weight excluding hydrogens is 326 g/mol. The Labute approximate surface area is 145 Å². The van der Waals surface area contributed by atoms with E-state index in [0.717, 1.165) is 43.0 Å². The first kappa shape index (κ1) is 15.6. The summed E-state index contributed by atoms with van der Waals surface area (Å²) in [6, 6.07) is 4.04. The van der Waals surface area contributed by atoms with Crippen molar-refractivity contribution in [2.45, 2.75) is 31.2 Å². The summed E-state index contributed by atoms with van der Waals surface area (Å²) in [5.74, 6) is 0.785. The van der Waals surface area contributed by atoms with Gasteiger partial charge in [-0.05, 0) is 45.1 Å². The molecule has 4 rings (SSSR count). The van der Waals surface area contributed by atoms with E-state index in [0.29, 0.717) is 17.5 Å². The van der Waals surface area contributed by atoms with Gasteiger partial charge >= 0.3 is 0 Å². The van der Waals surface area contributed by atoms with Crippen molar-refractivity contribution in [1.29, 1.82) is 0 Å². The molecule has 24 heavy (non-hydrogen) atoms. The molecule has 0 saturated carbocycles. The van der Waals surface area contributed by atoms with E-state index < -0.39 is 0 Å². The molecule has 1 atom stereocenters. The van der Waals surface area contributed by atoms with Crippen LogP contribution in [0.25, 0.3) is 0 Å². The Morgan fingerprint density at radius 1 is 1.25 bits per heavy atom. The molecule has 1 unspecified atom stereocenters. The number of hydrogen-bond donors (Lipinski definition) is 1. The normalized spacial score (nSPS) is 22.2. The summed E-state index contributed by atoms with van der Waals surface area (Å²) in [5.41, 5.74) is 1.90. The van der Waals surface area contributed by atoms with E-state index >= 15 is 0 Å². The number of carbonyl (C=O) groups is 1. The largest absolute Gasteiger partial charge is 0.311 e. The zero-order valence-electron chi connectivity index (χ0n) is 13.6. The first-order chi connectivity index (χ1) is 11.6. The third-order valence-electron chi connectivity index (χ3n) is 4.99. The highest BCUT2D eigenvalue weighted by molar-refractivity contribution is 6.30. The maximum atomic E-state index is 12.2. The highest BCUT2D eigenvalue weighted by Gasteiger charge is 2.33. The van der Waals surface area contributed by atoms with Crippen LogP contribution in [0.3, 0.4) is 0 Å². The van der Waals surface area contributed by atoms with Crippen LogP contribution in [0.2, 0.25) is 5.02 Å². The summed E-state index contributed by atoms with van der Waals surface area (Å²) in [5, 5.41) is 8.22. The molecule has 1 fully saturated rings. The Hall–Kier alpha value is -1.92. The molecule has 1 N–H and O–H groups in total. The average Bonchev–Trinajstić information content (AvgIpc) is 2.99. The number of nitrogens with zero attached hydrogens (tertiary/aromatic N) is 4. The second kappa shape index (κ2) is 6.18. The van der Waals surface area contributed by atoms with Gasteiger partial charge in [-0.1, -0.05) is 11.6 Å². The van der Waals surface area contributed by atoms with E-state index in [-0.39, 0.29) is 11.8 Å². The monoisotopic (exact) mass is 345 g/mol. The van der Waals surface area contributed by atoms with Crippen LogP contribution in [-0.4, -0.2) is 45.7 Å². The number of carbonyl (C=O) groups excluding carboxylic acids is 1. The maximum absolute atomic E-state index is 12.2. The van der Waals surface area contributed by atoms with Crippen molar-refractivity contribution in [2.75, 3.05) is 25.5 Å². The molecule has 2 aromatic heterocycles. The van der Waals surface area contributed by atoms with Gasteiger partial charge in [0.1, 0.15) is 5.82 Å². The fourth-order valence-corrected chi connectivity index (χ4v) is 3.72. The van der Waals surface area contributed by atoms with Crippen LogP contribution in [-0.2, 0) is 4.79 Å². The summed E-state index contributed by atoms with van der Waals surface area (Å²) >= 11 is 5.93. The first-order valence-corrected chi connectivity index (χ1v) is 8.67. The molecule has 2 aliphatic heterocycles. The maximum Gasteiger partial charge on any atom is 0.226 e. The Balaban J connectivity index is 1.68. The molecule has 0 aliphatic carbocycles. The van der Waals surface area contributed by atoms with E-state index in [2.05, 4.69) is 27.3 Å². The molecule has 1 saturated heterocycles. The van der Waals surface area contributed by atoms with Crippen molar-refractivity contribution in [2.24, 2.45) is 0 Å². The number of aromatic nitrogens is 3.